The highest BCUT2D eigenvalue weighted by molar-refractivity contribution is 5.95. The number of hydrogen-bond donors (Lipinski definition) is 11. The maximum absolute atomic E-state index is 14.6. The summed E-state index contributed by atoms with van der Waals surface area (Å²) in [5.41, 5.74) is -0.304. The van der Waals surface area contributed by atoms with Crippen molar-refractivity contribution in [3.05, 3.63) is 11.6 Å². The lowest BCUT2D eigenvalue weighted by atomic mass is 9.38. The number of carboxylic acids is 1. The van der Waals surface area contributed by atoms with Crippen LogP contribution >= 0.6 is 0 Å². The molecular formula is C49H86O18. The van der Waals surface area contributed by atoms with E-state index in [-0.39, 0.29) is 64.8 Å². The molecule has 0 radical (unpaired) electrons. The minimum Gasteiger partial charge on any atom is -0.481 e. The molecule has 21 atom stereocenters. The fourth-order valence-electron chi connectivity index (χ4n) is 13.1. The van der Waals surface area contributed by atoms with Gasteiger partial charge in [-0.3, -0.25) is 9.59 Å². The van der Waals surface area contributed by atoms with Gasteiger partial charge in [0.05, 0.1) is 37.9 Å². The summed E-state index contributed by atoms with van der Waals surface area (Å²) >= 11 is 0. The van der Waals surface area contributed by atoms with Crippen LogP contribution in [0.15, 0.2) is 11.6 Å². The van der Waals surface area contributed by atoms with E-state index >= 15 is 0 Å². The van der Waals surface area contributed by atoms with Crippen molar-refractivity contribution in [2.75, 3.05) is 33.5 Å². The molecule has 2 saturated heterocycles. The van der Waals surface area contributed by atoms with Crippen LogP contribution in [0.25, 0.3) is 0 Å². The first-order chi connectivity index (χ1) is 31.5. The number of allylic oxidation sites excluding steroid dienone is 2. The molecular weight excluding hydrogens is 877 g/mol. The highest BCUT2D eigenvalue weighted by Crippen LogP contribution is 2.70. The van der Waals surface area contributed by atoms with Crippen LogP contribution in [0.1, 0.15) is 120 Å². The lowest BCUT2D eigenvalue weighted by Crippen LogP contribution is -2.64. The molecule has 18 heteroatoms. The molecule has 6 fully saturated rings. The molecule has 7 aliphatic rings. The zero-order chi connectivity index (χ0) is 50.6. The number of carbonyl (C=O) groups excluding carboxylic acids is 1. The molecule has 4 saturated carbocycles. The van der Waals surface area contributed by atoms with Crippen molar-refractivity contribution in [2.45, 2.75) is 200 Å². The van der Waals surface area contributed by atoms with Crippen LogP contribution in [0.2, 0.25) is 0 Å². The molecule has 2 heterocycles. The third-order valence-electron chi connectivity index (χ3n) is 17.1. The molecule has 5 aliphatic carbocycles. The number of carbonyl (C=O) groups is 2. The van der Waals surface area contributed by atoms with Gasteiger partial charge in [0.1, 0.15) is 61.0 Å². The lowest BCUT2D eigenvalue weighted by Gasteiger charge is -2.66. The Morgan fingerprint density at radius 1 is 0.806 bits per heavy atom. The molecule has 390 valence electrons. The fraction of sp³-hybridized carbons (Fsp3) is 0.918. The molecule has 11 N–H and O–H groups in total. The zero-order valence-corrected chi connectivity index (χ0v) is 41.4. The summed E-state index contributed by atoms with van der Waals surface area (Å²) in [6, 6.07) is 0. The zero-order valence-electron chi connectivity index (χ0n) is 41.4. The number of methoxy groups -OCH3 is 1. The van der Waals surface area contributed by atoms with Gasteiger partial charge in [-0.25, -0.2) is 0 Å². The molecule has 0 amide bonds. The summed E-state index contributed by atoms with van der Waals surface area (Å²) in [5, 5.41) is 110. The number of ketones is 1. The summed E-state index contributed by atoms with van der Waals surface area (Å²) in [5.74, 6) is -0.622. The van der Waals surface area contributed by atoms with Crippen LogP contribution in [-0.4, -0.2) is 181 Å². The Morgan fingerprint density at radius 3 is 1.97 bits per heavy atom. The second kappa shape index (κ2) is 23.7. The van der Waals surface area contributed by atoms with E-state index in [1.165, 1.54) is 12.7 Å². The maximum atomic E-state index is 14.6. The fourth-order valence-corrected chi connectivity index (χ4v) is 13.1. The Labute approximate surface area is 396 Å². The van der Waals surface area contributed by atoms with Gasteiger partial charge in [0.2, 0.25) is 0 Å². The molecule has 0 aromatic rings. The maximum Gasteiger partial charge on any atom is 0.309 e. The van der Waals surface area contributed by atoms with Gasteiger partial charge < -0.3 is 79.9 Å². The first kappa shape index (κ1) is 57.9. The second-order valence-electron chi connectivity index (χ2n) is 20.9. The highest BCUT2D eigenvalue weighted by Gasteiger charge is 2.66. The molecule has 0 aromatic heterocycles. The smallest absolute Gasteiger partial charge is 0.309 e. The molecule has 18 nitrogen and oxygen atoms in total. The summed E-state index contributed by atoms with van der Waals surface area (Å²) < 4.78 is 27.7. The third kappa shape index (κ3) is 11.3. The van der Waals surface area contributed by atoms with Crippen molar-refractivity contribution in [1.82, 2.24) is 0 Å². The van der Waals surface area contributed by atoms with E-state index in [9.17, 15) is 50.4 Å². The van der Waals surface area contributed by atoms with Crippen molar-refractivity contribution in [1.29, 1.82) is 0 Å². The lowest BCUT2D eigenvalue weighted by molar-refractivity contribution is -0.354. The van der Waals surface area contributed by atoms with Gasteiger partial charge in [-0.15, -0.1) is 0 Å². The van der Waals surface area contributed by atoms with E-state index in [1.807, 2.05) is 40.7 Å². The Morgan fingerprint density at radius 2 is 1.42 bits per heavy atom. The van der Waals surface area contributed by atoms with Gasteiger partial charge in [0, 0.05) is 13.0 Å². The molecule has 0 aromatic carbocycles. The Bertz CT molecular complexity index is 1620. The molecule has 20 unspecified atom stereocenters. The van der Waals surface area contributed by atoms with Crippen molar-refractivity contribution in [2.24, 2.45) is 51.2 Å². The van der Waals surface area contributed by atoms with Crippen molar-refractivity contribution in [3.63, 3.8) is 0 Å². The Balaban J connectivity index is 0.000000661. The number of carboxylic acid groups (broad SMARTS) is 1. The van der Waals surface area contributed by atoms with Gasteiger partial charge in [-0.05, 0) is 111 Å². The molecule has 2 aliphatic heterocycles. The Kier molecular flexibility index (Phi) is 20.4. The largest absolute Gasteiger partial charge is 0.481 e. The first-order valence-electron chi connectivity index (χ1n) is 24.7. The number of fused-ring (bicyclic) bond motifs is 7. The van der Waals surface area contributed by atoms with Crippen LogP contribution in [0, 0.1) is 51.2 Å². The van der Waals surface area contributed by atoms with E-state index in [4.69, 9.17) is 39.0 Å². The monoisotopic (exact) mass is 963 g/mol. The number of aliphatic carboxylic acids is 1. The predicted octanol–water partition coefficient (Wildman–Crippen LogP) is 1.68. The summed E-state index contributed by atoms with van der Waals surface area (Å²) in [7, 11) is 1.21. The van der Waals surface area contributed by atoms with Gasteiger partial charge in [-0.1, -0.05) is 61.0 Å². The highest BCUT2D eigenvalue weighted by atomic mass is 16.7. The van der Waals surface area contributed by atoms with Crippen LogP contribution in [0.3, 0.4) is 0 Å². The van der Waals surface area contributed by atoms with Crippen molar-refractivity contribution in [3.8, 4) is 0 Å². The average Bonchev–Trinajstić information content (AvgIpc) is 3.30. The predicted molar refractivity (Wildman–Crippen MR) is 243 cm³/mol. The van der Waals surface area contributed by atoms with Gasteiger partial charge >= 0.3 is 5.97 Å². The van der Waals surface area contributed by atoms with Gasteiger partial charge in [0.25, 0.3) is 0 Å². The normalized spacial score (nSPS) is 45.4. The average molecular weight is 963 g/mol. The number of ether oxygens (including phenoxy) is 5. The van der Waals surface area contributed by atoms with E-state index in [0.29, 0.717) is 25.7 Å². The topological polar surface area (TPSA) is 303 Å². The van der Waals surface area contributed by atoms with Crippen LogP contribution in [-0.2, 0) is 33.3 Å². The molecule has 0 bridgehead atoms. The quantitative estimate of drug-likeness (QED) is 0.104. The standard InChI is InChI=1S/C40H64O14.C5H10O4.2C2H6/c1-19-21-8-11-40(5)22-7-10-37(2)13-14-38(3,36(49)50)16-23(37)20(22)15-24(43)33(40)39(21,4)12-9-25(19)52-35-32(30(46)29(45)27(18-42)53-35)54-34(48)31(47)28(44)26(17-41)51-6;6-3-1-9-2-4(7)5(3)8;2*1-2/h15,19,21-23,25-35,41-42,44-48H,7-14,16-18H2,1-6H3,(H,49,50);3-8H,1-2H2;2*1-2H3/t19?,21?,22?,23?,25?,26?,27?,28?,29?,30?,31?,32?,33?,34?,35?,37?,38-,39?,40?;;;/m0.../s1. The van der Waals surface area contributed by atoms with Gasteiger partial charge in [-0.2, -0.15) is 0 Å². The van der Waals surface area contributed by atoms with Gasteiger partial charge in [0.15, 0.2) is 18.4 Å². The number of aliphatic hydroxyl groups excluding tert-OH is 10. The van der Waals surface area contributed by atoms with Crippen LogP contribution in [0.4, 0.5) is 0 Å². The van der Waals surface area contributed by atoms with E-state index in [0.717, 1.165) is 32.1 Å². The number of hydrogen-bond acceptors (Lipinski definition) is 17. The van der Waals surface area contributed by atoms with Crippen LogP contribution < -0.4 is 0 Å². The van der Waals surface area contributed by atoms with Crippen molar-refractivity contribution >= 4 is 11.8 Å². The molecule has 67 heavy (non-hydrogen) atoms. The van der Waals surface area contributed by atoms with E-state index in [1.54, 1.807) is 0 Å². The molecule has 0 spiro atoms. The SMILES string of the molecule is CC.CC.COC(CO)C(O)C(O)C(O)OC1C(OC2CCC3(C)C(CCC4(C)C5CCC6(C)CC[C@](C)(C(=O)O)CC6C5=CC(=O)C43)C2C)OC(CO)C(O)C1O.OC1COCC(O)C1O. The summed E-state index contributed by atoms with van der Waals surface area (Å²) in [6.07, 6.45) is -9.20. The van der Waals surface area contributed by atoms with E-state index < -0.39 is 104 Å². The Hall–Kier alpha value is -1.72. The summed E-state index contributed by atoms with van der Waals surface area (Å²) in [4.78, 5) is 27.0. The van der Waals surface area contributed by atoms with E-state index in [2.05, 4.69) is 27.7 Å². The van der Waals surface area contributed by atoms with Crippen LogP contribution in [0.5, 0.6) is 0 Å². The number of aliphatic hydroxyl groups is 10. The summed E-state index contributed by atoms with van der Waals surface area (Å²) in [6.45, 7) is 17.6. The van der Waals surface area contributed by atoms with Crippen molar-refractivity contribution < 1.29 is 89.4 Å². The number of rotatable bonds is 11. The molecule has 7 rings (SSSR count). The second-order valence-corrected chi connectivity index (χ2v) is 20.9. The minimum atomic E-state index is -2.11. The first-order valence-corrected chi connectivity index (χ1v) is 24.7. The third-order valence-corrected chi connectivity index (χ3v) is 17.1. The minimum absolute atomic E-state index is 0.0209.